The van der Waals surface area contributed by atoms with E-state index < -0.39 is 0 Å². The monoisotopic (exact) mass is 752 g/mol. The van der Waals surface area contributed by atoms with E-state index in [1.165, 1.54) is 104 Å². The molecule has 3 atom stereocenters. The quantitative estimate of drug-likeness (QED) is 0.0425. The standard InChI is InChI=1S/C28H33Cl.C11H24.C5H11NS.C2H4O.C2H6/c1-8-24-10-9-11-27(29)28(24)22(7)17-26-15-13-23(16-21(26)6)18-25(20(4)5)14-12-19(2)3;1-4-6-7-8-10-11(3)9-5-2;1-3-4-5-6(2)7-5;1-2-3;1-2/h9-17H,2,8,18H2,1,3-7H3;11H,4-10H2,1-3H3;5H,3-4H2,1-2H3;2H,1H3;1-2H3/b14-12-,22-17+;;;;. The lowest BCUT2D eigenvalue weighted by Crippen LogP contribution is -1.94. The predicted molar refractivity (Wildman–Crippen MR) is 242 cm³/mol. The Balaban J connectivity index is 0. The Morgan fingerprint density at radius 3 is 2.04 bits per heavy atom. The smallest absolute Gasteiger partial charge is 0.116 e. The third-order valence-electron chi connectivity index (χ3n) is 8.70. The first-order chi connectivity index (χ1) is 24.8. The molecular weight excluding hydrogens is 674 g/mol. The van der Waals surface area contributed by atoms with E-state index in [1.807, 2.05) is 44.9 Å². The third-order valence-corrected chi connectivity index (χ3v) is 10.2. The van der Waals surface area contributed by atoms with Gasteiger partial charge in [-0.3, -0.25) is 0 Å². The largest absolute Gasteiger partial charge is 0.304 e. The molecule has 0 amide bonds. The lowest BCUT2D eigenvalue weighted by atomic mass is 9.94. The molecule has 1 fully saturated rings. The van der Waals surface area contributed by atoms with Crippen molar-refractivity contribution in [3.63, 3.8) is 0 Å². The van der Waals surface area contributed by atoms with Crippen molar-refractivity contribution in [3.05, 3.63) is 105 Å². The van der Waals surface area contributed by atoms with Crippen molar-refractivity contribution in [2.75, 3.05) is 7.05 Å². The van der Waals surface area contributed by atoms with Crippen molar-refractivity contribution in [1.29, 1.82) is 0 Å². The highest BCUT2D eigenvalue weighted by Gasteiger charge is 2.29. The first-order valence-electron chi connectivity index (χ1n) is 20.1. The molecule has 2 nitrogen and oxygen atoms in total. The molecular formula is C48H78ClNOS. The van der Waals surface area contributed by atoms with E-state index >= 15 is 0 Å². The molecule has 1 saturated heterocycles. The number of allylic oxidation sites excluding steroid dienone is 6. The molecule has 1 aliphatic rings. The van der Waals surface area contributed by atoms with Gasteiger partial charge in [-0.05, 0) is 119 Å². The summed E-state index contributed by atoms with van der Waals surface area (Å²) in [5.74, 6) is 0.969. The topological polar surface area (TPSA) is 20.1 Å². The van der Waals surface area contributed by atoms with Crippen molar-refractivity contribution in [2.45, 2.75) is 166 Å². The highest BCUT2D eigenvalue weighted by atomic mass is 35.5. The third kappa shape index (κ3) is 24.1. The van der Waals surface area contributed by atoms with Gasteiger partial charge < -0.3 is 4.79 Å². The van der Waals surface area contributed by atoms with Crippen LogP contribution in [0.25, 0.3) is 11.6 Å². The number of aryl methyl sites for hydroxylation is 2. The molecule has 3 unspecified atom stereocenters. The molecule has 2 aromatic rings. The number of hydrogen-bond acceptors (Lipinski definition) is 3. The molecule has 1 heterocycles. The Hall–Kier alpha value is -2.33. The Morgan fingerprint density at radius 1 is 0.942 bits per heavy atom. The lowest BCUT2D eigenvalue weighted by Gasteiger charge is -2.13. The van der Waals surface area contributed by atoms with Crippen LogP contribution in [0.1, 0.15) is 169 Å². The van der Waals surface area contributed by atoms with E-state index in [0.717, 1.165) is 46.6 Å². The molecule has 294 valence electrons. The van der Waals surface area contributed by atoms with Crippen LogP contribution in [0.5, 0.6) is 0 Å². The average Bonchev–Trinajstić information content (AvgIpc) is 3.81. The van der Waals surface area contributed by atoms with Crippen LogP contribution in [0.4, 0.5) is 0 Å². The Kier molecular flexibility index (Phi) is 32.0. The number of unbranched alkanes of at least 4 members (excludes halogenated alkanes) is 3. The van der Waals surface area contributed by atoms with Gasteiger partial charge in [0.1, 0.15) is 6.29 Å². The molecule has 0 radical (unpaired) electrons. The maximum Gasteiger partial charge on any atom is 0.116 e. The second kappa shape index (κ2) is 32.1. The summed E-state index contributed by atoms with van der Waals surface area (Å²) in [6, 6.07) is 12.9. The summed E-state index contributed by atoms with van der Waals surface area (Å²) in [7, 11) is 2.14. The van der Waals surface area contributed by atoms with Gasteiger partial charge >= 0.3 is 0 Å². The maximum absolute atomic E-state index is 8.81. The minimum absolute atomic E-state index is 0.750. The fourth-order valence-corrected chi connectivity index (χ4v) is 6.81. The molecule has 0 bridgehead atoms. The van der Waals surface area contributed by atoms with Gasteiger partial charge in [0.15, 0.2) is 0 Å². The first kappa shape index (κ1) is 51.8. The number of benzene rings is 2. The van der Waals surface area contributed by atoms with Crippen LogP contribution in [0.2, 0.25) is 5.02 Å². The van der Waals surface area contributed by atoms with Crippen LogP contribution in [0.3, 0.4) is 0 Å². The van der Waals surface area contributed by atoms with Crippen LogP contribution in [-0.2, 0) is 17.6 Å². The first-order valence-corrected chi connectivity index (χ1v) is 21.4. The Morgan fingerprint density at radius 2 is 1.58 bits per heavy atom. The number of halogens is 1. The van der Waals surface area contributed by atoms with Gasteiger partial charge in [0.05, 0.1) is 5.37 Å². The van der Waals surface area contributed by atoms with Crippen LogP contribution >= 0.6 is 23.5 Å². The molecule has 0 aromatic heterocycles. The number of carbonyl (C=O) groups excluding carboxylic acids is 1. The van der Waals surface area contributed by atoms with Gasteiger partial charge in [0.25, 0.3) is 0 Å². The molecule has 3 rings (SSSR count). The van der Waals surface area contributed by atoms with Crippen LogP contribution < -0.4 is 0 Å². The highest BCUT2D eigenvalue weighted by molar-refractivity contribution is 8.03. The summed E-state index contributed by atoms with van der Waals surface area (Å²) >= 11 is 8.46. The summed E-state index contributed by atoms with van der Waals surface area (Å²) in [4.78, 5) is 8.81. The number of hydrogen-bond donors (Lipinski definition) is 0. The van der Waals surface area contributed by atoms with E-state index in [0.29, 0.717) is 0 Å². The maximum atomic E-state index is 8.81. The van der Waals surface area contributed by atoms with Crippen LogP contribution in [-0.4, -0.2) is 23.0 Å². The molecule has 0 saturated carbocycles. The van der Waals surface area contributed by atoms with Gasteiger partial charge in [-0.2, -0.15) is 0 Å². The number of carbonyl (C=O) groups is 1. The summed E-state index contributed by atoms with van der Waals surface area (Å²) in [6.07, 6.45) is 21.8. The number of nitrogens with zero attached hydrogens (tertiary/aromatic N) is 1. The van der Waals surface area contributed by atoms with E-state index in [2.05, 4.69) is 123 Å². The van der Waals surface area contributed by atoms with Gasteiger partial charge in [0, 0.05) is 5.02 Å². The summed E-state index contributed by atoms with van der Waals surface area (Å²) < 4.78 is 2.30. The molecule has 1 aliphatic heterocycles. The zero-order chi connectivity index (χ0) is 40.1. The van der Waals surface area contributed by atoms with Crippen LogP contribution in [0.15, 0.2) is 71.8 Å². The van der Waals surface area contributed by atoms with E-state index in [4.69, 9.17) is 16.4 Å². The fraction of sp³-hybridized carbons (Fsp3) is 0.562. The minimum Gasteiger partial charge on any atom is -0.304 e. The summed E-state index contributed by atoms with van der Waals surface area (Å²) in [6.45, 7) is 31.4. The van der Waals surface area contributed by atoms with Gasteiger partial charge in [-0.25, -0.2) is 4.31 Å². The zero-order valence-corrected chi connectivity index (χ0v) is 37.6. The van der Waals surface area contributed by atoms with Gasteiger partial charge in [-0.15, -0.1) is 0 Å². The van der Waals surface area contributed by atoms with Crippen molar-refractivity contribution in [1.82, 2.24) is 4.31 Å². The highest BCUT2D eigenvalue weighted by Crippen LogP contribution is 2.39. The van der Waals surface area contributed by atoms with E-state index in [-0.39, 0.29) is 0 Å². The summed E-state index contributed by atoms with van der Waals surface area (Å²) in [5, 5.41) is 1.69. The minimum atomic E-state index is 0.750. The lowest BCUT2D eigenvalue weighted by molar-refractivity contribution is -0.106. The van der Waals surface area contributed by atoms with Gasteiger partial charge in [-0.1, -0.05) is 190 Å². The van der Waals surface area contributed by atoms with Crippen molar-refractivity contribution >= 4 is 41.5 Å². The molecule has 0 spiro atoms. The van der Waals surface area contributed by atoms with Crippen molar-refractivity contribution in [2.24, 2.45) is 5.92 Å². The molecule has 0 N–H and O–H groups in total. The normalized spacial score (nSPS) is 14.9. The van der Waals surface area contributed by atoms with Crippen molar-refractivity contribution in [3.8, 4) is 0 Å². The molecule has 52 heavy (non-hydrogen) atoms. The average molecular weight is 753 g/mol. The summed E-state index contributed by atoms with van der Waals surface area (Å²) in [5.41, 5.74) is 11.3. The number of aldehydes is 1. The van der Waals surface area contributed by atoms with Crippen molar-refractivity contribution < 1.29 is 4.79 Å². The molecule has 2 aromatic carbocycles. The zero-order valence-electron chi connectivity index (χ0n) is 36.1. The Bertz CT molecular complexity index is 1350. The fourth-order valence-electron chi connectivity index (χ4n) is 5.69. The predicted octanol–water partition coefficient (Wildman–Crippen LogP) is 16.1. The SMILES string of the molecule is C=C(C)/C=C\C(Cc1ccc(/C=C(\C)c2c(Cl)cccc2CC)c(C)c1)=C(C)C.CC.CC=O.CCCC1SN1C.CCCCCCC(C)CCC. The van der Waals surface area contributed by atoms with Gasteiger partial charge in [0.2, 0.25) is 0 Å². The molecule has 4 heteroatoms. The Labute approximate surface area is 332 Å². The number of rotatable bonds is 16. The van der Waals surface area contributed by atoms with E-state index in [1.54, 1.807) is 0 Å². The second-order valence-corrected chi connectivity index (χ2v) is 15.6. The molecule has 0 aliphatic carbocycles. The van der Waals surface area contributed by atoms with Crippen LogP contribution in [0, 0.1) is 12.8 Å². The van der Waals surface area contributed by atoms with E-state index in [9.17, 15) is 0 Å². The second-order valence-electron chi connectivity index (χ2n) is 13.9.